The fraction of sp³-hybridized carbons (Fsp3) is 0.368. The molecule has 2 N–H and O–H groups in total. The largest absolute Gasteiger partial charge is 0.493 e. The van der Waals surface area contributed by atoms with E-state index < -0.39 is 5.91 Å². The van der Waals surface area contributed by atoms with E-state index in [9.17, 15) is 9.59 Å². The normalized spacial score (nSPS) is 13.9. The van der Waals surface area contributed by atoms with Gasteiger partial charge in [-0.1, -0.05) is 0 Å². The van der Waals surface area contributed by atoms with Crippen LogP contribution in [-0.2, 0) is 0 Å². The second kappa shape index (κ2) is 10.0. The van der Waals surface area contributed by atoms with Gasteiger partial charge in [0.2, 0.25) is 0 Å². The van der Waals surface area contributed by atoms with E-state index in [0.717, 1.165) is 19.5 Å². The molecule has 0 saturated carbocycles. The number of nitrogens with zero attached hydrogens (tertiary/aromatic N) is 1. The Morgan fingerprint density at radius 1 is 1.14 bits per heavy atom. The highest BCUT2D eigenvalue weighted by molar-refractivity contribution is 6.08. The molecule has 0 spiro atoms. The van der Waals surface area contributed by atoms with Crippen molar-refractivity contribution in [2.45, 2.75) is 6.42 Å². The van der Waals surface area contributed by atoms with Crippen molar-refractivity contribution in [2.75, 3.05) is 45.7 Å². The van der Waals surface area contributed by atoms with Gasteiger partial charge in [0.1, 0.15) is 0 Å². The number of amides is 2. The minimum atomic E-state index is -0.446. The number of rotatable bonds is 5. The van der Waals surface area contributed by atoms with Crippen molar-refractivity contribution in [1.29, 1.82) is 0 Å². The summed E-state index contributed by atoms with van der Waals surface area (Å²) in [6.45, 7) is 2.84. The average molecular weight is 410 g/mol. The van der Waals surface area contributed by atoms with Crippen LogP contribution in [0.2, 0.25) is 0 Å². The molecule has 1 fully saturated rings. The lowest BCUT2D eigenvalue weighted by Crippen LogP contribution is -2.34. The first-order valence-electron chi connectivity index (χ1n) is 8.75. The Morgan fingerprint density at radius 2 is 1.89 bits per heavy atom. The van der Waals surface area contributed by atoms with E-state index in [0.29, 0.717) is 35.8 Å². The Labute approximate surface area is 169 Å². The molecule has 0 unspecified atom stereocenters. The predicted octanol–water partition coefficient (Wildman–Crippen LogP) is 2.41. The van der Waals surface area contributed by atoms with Crippen molar-refractivity contribution >= 4 is 29.9 Å². The van der Waals surface area contributed by atoms with Gasteiger partial charge in [-0.25, -0.2) is 0 Å². The van der Waals surface area contributed by atoms with Gasteiger partial charge in [-0.2, -0.15) is 0 Å². The van der Waals surface area contributed by atoms with Crippen molar-refractivity contribution < 1.29 is 23.5 Å². The first kappa shape index (κ1) is 21.6. The number of ether oxygens (including phenoxy) is 2. The maximum absolute atomic E-state index is 13.1. The molecule has 8 nitrogen and oxygen atoms in total. The van der Waals surface area contributed by atoms with Crippen LogP contribution in [0, 0.1) is 0 Å². The lowest BCUT2D eigenvalue weighted by Gasteiger charge is -2.22. The molecule has 3 rings (SSSR count). The number of carbonyl (C=O) groups is 2. The first-order valence-corrected chi connectivity index (χ1v) is 8.75. The smallest absolute Gasteiger partial charge is 0.291 e. The molecule has 1 aliphatic rings. The van der Waals surface area contributed by atoms with E-state index in [1.54, 1.807) is 29.2 Å². The molecule has 9 heteroatoms. The number of anilines is 1. The fourth-order valence-corrected chi connectivity index (χ4v) is 2.97. The number of hydrogen-bond donors (Lipinski definition) is 2. The van der Waals surface area contributed by atoms with Crippen molar-refractivity contribution in [3.8, 4) is 11.5 Å². The molecular formula is C19H24ClN3O5. The van der Waals surface area contributed by atoms with Crippen LogP contribution in [0.25, 0.3) is 0 Å². The molecule has 28 heavy (non-hydrogen) atoms. The van der Waals surface area contributed by atoms with Crippen molar-refractivity contribution in [2.24, 2.45) is 0 Å². The van der Waals surface area contributed by atoms with Gasteiger partial charge in [0.15, 0.2) is 17.3 Å². The van der Waals surface area contributed by atoms with Crippen LogP contribution in [0.3, 0.4) is 0 Å². The number of furan rings is 1. The maximum atomic E-state index is 13.1. The summed E-state index contributed by atoms with van der Waals surface area (Å²) >= 11 is 0. The molecule has 0 radical (unpaired) electrons. The van der Waals surface area contributed by atoms with Gasteiger partial charge in [0.05, 0.1) is 31.7 Å². The van der Waals surface area contributed by atoms with Gasteiger partial charge in [-0.15, -0.1) is 12.4 Å². The molecular weight excluding hydrogens is 386 g/mol. The maximum Gasteiger partial charge on any atom is 0.291 e. The van der Waals surface area contributed by atoms with Crippen LogP contribution >= 0.6 is 12.4 Å². The van der Waals surface area contributed by atoms with Crippen LogP contribution in [0.1, 0.15) is 27.3 Å². The summed E-state index contributed by atoms with van der Waals surface area (Å²) in [6, 6.07) is 6.36. The predicted molar refractivity (Wildman–Crippen MR) is 107 cm³/mol. The van der Waals surface area contributed by atoms with E-state index in [2.05, 4.69) is 10.6 Å². The third-order valence-electron chi connectivity index (χ3n) is 4.37. The van der Waals surface area contributed by atoms with Gasteiger partial charge in [-0.3, -0.25) is 9.59 Å². The molecule has 1 aromatic carbocycles. The zero-order valence-corrected chi connectivity index (χ0v) is 16.6. The van der Waals surface area contributed by atoms with E-state index in [-0.39, 0.29) is 24.1 Å². The van der Waals surface area contributed by atoms with Crippen molar-refractivity contribution in [3.05, 3.63) is 41.9 Å². The fourth-order valence-electron chi connectivity index (χ4n) is 2.97. The summed E-state index contributed by atoms with van der Waals surface area (Å²) in [4.78, 5) is 27.3. The van der Waals surface area contributed by atoms with Crippen LogP contribution in [0.5, 0.6) is 11.5 Å². The summed E-state index contributed by atoms with van der Waals surface area (Å²) in [5.41, 5.74) is 0.686. The molecule has 1 saturated heterocycles. The Morgan fingerprint density at radius 3 is 2.57 bits per heavy atom. The summed E-state index contributed by atoms with van der Waals surface area (Å²) in [6.07, 6.45) is 2.28. The molecule has 0 bridgehead atoms. The summed E-state index contributed by atoms with van der Waals surface area (Å²) in [7, 11) is 3.00. The second-order valence-corrected chi connectivity index (χ2v) is 6.08. The number of carbonyl (C=O) groups excluding carboxylic acids is 2. The second-order valence-electron chi connectivity index (χ2n) is 6.08. The minimum Gasteiger partial charge on any atom is -0.493 e. The van der Waals surface area contributed by atoms with Gasteiger partial charge in [0, 0.05) is 25.7 Å². The Balaban J connectivity index is 0.00000280. The lowest BCUT2D eigenvalue weighted by molar-refractivity contribution is 0.0767. The highest BCUT2D eigenvalue weighted by Crippen LogP contribution is 2.34. The van der Waals surface area contributed by atoms with E-state index >= 15 is 0 Å². The molecule has 0 aliphatic carbocycles. The number of methoxy groups -OCH3 is 2. The summed E-state index contributed by atoms with van der Waals surface area (Å²) < 4.78 is 15.8. The lowest BCUT2D eigenvalue weighted by atomic mass is 10.1. The molecule has 0 atom stereocenters. The highest BCUT2D eigenvalue weighted by atomic mass is 35.5. The van der Waals surface area contributed by atoms with Crippen LogP contribution < -0.4 is 20.1 Å². The molecule has 2 aromatic rings. The zero-order valence-electron chi connectivity index (χ0n) is 15.8. The monoisotopic (exact) mass is 409 g/mol. The Bertz CT molecular complexity index is 802. The van der Waals surface area contributed by atoms with E-state index in [4.69, 9.17) is 13.9 Å². The standard InChI is InChI=1S/C19H23N3O5.ClH/c1-25-16-11-13(19(24)22-8-4-6-20-7-9-22)14(12-17(16)26-2)21-18(23)15-5-3-10-27-15;/h3,5,10-12,20H,4,6-9H2,1-2H3,(H,21,23);1H. The Hall–Kier alpha value is -2.71. The third-order valence-corrected chi connectivity index (χ3v) is 4.37. The number of halogens is 1. The first-order chi connectivity index (χ1) is 13.1. The van der Waals surface area contributed by atoms with Crippen LogP contribution in [0.4, 0.5) is 5.69 Å². The van der Waals surface area contributed by atoms with Crippen LogP contribution in [-0.4, -0.2) is 57.1 Å². The molecule has 1 aromatic heterocycles. The van der Waals surface area contributed by atoms with Crippen molar-refractivity contribution in [1.82, 2.24) is 10.2 Å². The Kier molecular flexibility index (Phi) is 7.71. The number of nitrogens with one attached hydrogen (secondary N) is 2. The zero-order chi connectivity index (χ0) is 19.2. The average Bonchev–Trinajstić information content (AvgIpc) is 3.10. The van der Waals surface area contributed by atoms with Crippen LogP contribution in [0.15, 0.2) is 34.9 Å². The molecule has 2 amide bonds. The van der Waals surface area contributed by atoms with Gasteiger partial charge in [0.25, 0.3) is 11.8 Å². The third kappa shape index (κ3) is 4.76. The SMILES string of the molecule is COc1cc(NC(=O)c2ccco2)c(C(=O)N2CCCNCC2)cc1OC.Cl. The van der Waals surface area contributed by atoms with E-state index in [1.165, 1.54) is 20.5 Å². The van der Waals surface area contributed by atoms with Gasteiger partial charge < -0.3 is 29.4 Å². The van der Waals surface area contributed by atoms with Crippen molar-refractivity contribution in [3.63, 3.8) is 0 Å². The summed E-state index contributed by atoms with van der Waals surface area (Å²) in [5, 5.41) is 6.01. The number of benzene rings is 1. The molecule has 2 heterocycles. The van der Waals surface area contributed by atoms with E-state index in [1.807, 2.05) is 0 Å². The molecule has 1 aliphatic heterocycles. The van der Waals surface area contributed by atoms with Gasteiger partial charge >= 0.3 is 0 Å². The highest BCUT2D eigenvalue weighted by Gasteiger charge is 2.24. The quantitative estimate of drug-likeness (QED) is 0.787. The topological polar surface area (TPSA) is 93.0 Å². The summed E-state index contributed by atoms with van der Waals surface area (Å²) in [5.74, 6) is 0.376. The minimum absolute atomic E-state index is 0. The van der Waals surface area contributed by atoms with Gasteiger partial charge in [-0.05, 0) is 31.2 Å². The number of hydrogen-bond acceptors (Lipinski definition) is 6. The molecule has 152 valence electrons.